The molecule has 0 bridgehead atoms. The normalized spacial score (nSPS) is 13.5. The zero-order chi connectivity index (χ0) is 51.3. The Morgan fingerprint density at radius 1 is 0.296 bits per heavy atom. The summed E-state index contributed by atoms with van der Waals surface area (Å²) in [7, 11) is 0. The summed E-state index contributed by atoms with van der Waals surface area (Å²) in [5, 5.41) is 44.3. The van der Waals surface area contributed by atoms with Crippen molar-refractivity contribution in [1.29, 1.82) is 0 Å². The molecular formula is C60H84CaK2O8. The van der Waals surface area contributed by atoms with E-state index in [0.717, 1.165) is 120 Å². The first-order valence-corrected chi connectivity index (χ1v) is 24.2. The van der Waals surface area contributed by atoms with Crippen LogP contribution in [0.4, 0.5) is 0 Å². The summed E-state index contributed by atoms with van der Waals surface area (Å²) in [6.07, 6.45) is 10.2. The molecule has 0 aliphatic carbocycles. The van der Waals surface area contributed by atoms with Crippen LogP contribution in [0, 0.1) is 83.1 Å². The van der Waals surface area contributed by atoms with Crippen molar-refractivity contribution < 1.29 is 142 Å². The molecule has 376 valence electrons. The van der Waals surface area contributed by atoms with Gasteiger partial charge in [0.1, 0.15) is 0 Å². The van der Waals surface area contributed by atoms with Crippen LogP contribution in [0.2, 0.25) is 0 Å². The molecule has 0 radical (unpaired) electrons. The molecule has 11 heteroatoms. The van der Waals surface area contributed by atoms with Crippen LogP contribution in [0.15, 0.2) is 74.8 Å². The summed E-state index contributed by atoms with van der Waals surface area (Å²) in [6, 6.07) is 16.0. The van der Waals surface area contributed by atoms with Crippen LogP contribution in [0.3, 0.4) is 0 Å². The Bertz CT molecular complexity index is 1770. The molecule has 4 aliphatic heterocycles. The van der Waals surface area contributed by atoms with Crippen molar-refractivity contribution in [2.24, 2.45) is 0 Å². The summed E-state index contributed by atoms with van der Waals surface area (Å²) in [4.78, 5) is 0. The Kier molecular flexibility index (Phi) is 44.7. The fourth-order valence-electron chi connectivity index (χ4n) is 8.52. The van der Waals surface area contributed by atoms with E-state index < -0.39 is 0 Å². The summed E-state index contributed by atoms with van der Waals surface area (Å²) >= 11 is 0. The van der Waals surface area contributed by atoms with Crippen LogP contribution in [-0.2, 0) is 18.9 Å². The molecule has 8 nitrogen and oxygen atoms in total. The van der Waals surface area contributed by atoms with Crippen LogP contribution in [0.25, 0.3) is 23.0 Å². The summed E-state index contributed by atoms with van der Waals surface area (Å²) in [5.41, 5.74) is 16.0. The average molecular weight is 1050 g/mol. The molecular weight excluding hydrogens is 967 g/mol. The second-order valence-electron chi connectivity index (χ2n) is 18.1. The second-order valence-corrected chi connectivity index (χ2v) is 18.1. The average Bonchev–Trinajstić information content (AvgIpc) is 4.08. The van der Waals surface area contributed by atoms with Gasteiger partial charge >= 0.3 is 141 Å². The van der Waals surface area contributed by atoms with E-state index in [0.29, 0.717) is 0 Å². The van der Waals surface area contributed by atoms with Crippen molar-refractivity contribution in [3.8, 4) is 0 Å². The molecule has 8 rings (SSSR count). The zero-order valence-electron chi connectivity index (χ0n) is 46.7. The third-order valence-electron chi connectivity index (χ3n) is 11.1. The SMILES string of the molecule is C1CCOC1.C1CCOC1.C1CCOC1.C1CCOC1.C=C([O-])c1c(C)cc(C)cc1C.C=C([O-])c1c(C)cc(C)cc1C.C=C([O-])c1c(C)cc(C)cc1C.C=C([O-])c1c(C)cc(C)cc1C.[Ca+2].[K+].[K+]. The molecule has 0 saturated carbocycles. The van der Waals surface area contributed by atoms with Crippen molar-refractivity contribution in [3.63, 3.8) is 0 Å². The van der Waals surface area contributed by atoms with Crippen molar-refractivity contribution in [2.75, 3.05) is 52.9 Å². The summed E-state index contributed by atoms with van der Waals surface area (Å²) in [6.45, 7) is 45.3. The Hall–Kier alpha value is -0.588. The Balaban J connectivity index is -0.000000759. The number of rotatable bonds is 4. The molecule has 4 heterocycles. The van der Waals surface area contributed by atoms with Crippen LogP contribution in [-0.4, -0.2) is 90.6 Å². The molecule has 0 N–H and O–H groups in total. The molecule has 0 spiro atoms. The number of hydrogen-bond acceptors (Lipinski definition) is 8. The van der Waals surface area contributed by atoms with E-state index in [4.69, 9.17) is 18.9 Å². The smallest absolute Gasteiger partial charge is 0.872 e. The summed E-state index contributed by atoms with van der Waals surface area (Å²) in [5.74, 6) is -0.370. The van der Waals surface area contributed by atoms with E-state index in [9.17, 15) is 20.4 Å². The van der Waals surface area contributed by atoms with E-state index >= 15 is 0 Å². The number of ether oxygens (including phenoxy) is 4. The van der Waals surface area contributed by atoms with Gasteiger partial charge in [-0.25, -0.2) is 0 Å². The van der Waals surface area contributed by atoms with Crippen molar-refractivity contribution >= 4 is 60.8 Å². The molecule has 0 atom stereocenters. The molecule has 4 aromatic carbocycles. The first-order valence-electron chi connectivity index (χ1n) is 24.2. The van der Waals surface area contributed by atoms with Gasteiger partial charge in [0.25, 0.3) is 0 Å². The van der Waals surface area contributed by atoms with Crippen LogP contribution >= 0.6 is 0 Å². The topological polar surface area (TPSA) is 129 Å². The van der Waals surface area contributed by atoms with Gasteiger partial charge < -0.3 is 39.4 Å². The largest absolute Gasteiger partial charge is 2.00 e. The van der Waals surface area contributed by atoms with E-state index in [-0.39, 0.29) is 164 Å². The maximum atomic E-state index is 11.1. The summed E-state index contributed by atoms with van der Waals surface area (Å²) < 4.78 is 19.8. The van der Waals surface area contributed by atoms with Crippen molar-refractivity contribution in [2.45, 2.75) is 134 Å². The van der Waals surface area contributed by atoms with Gasteiger partial charge in [0.2, 0.25) is 0 Å². The second kappa shape index (κ2) is 42.5. The molecule has 4 fully saturated rings. The minimum Gasteiger partial charge on any atom is -0.872 e. The van der Waals surface area contributed by atoms with Crippen molar-refractivity contribution in [1.82, 2.24) is 0 Å². The Morgan fingerprint density at radius 2 is 0.408 bits per heavy atom. The zero-order valence-corrected chi connectivity index (χ0v) is 55.2. The molecule has 0 amide bonds. The molecule has 4 aromatic rings. The standard InChI is InChI=1S/4C11H14O.4C4H8O.Ca.2K/c4*1-7-5-8(2)11(10(4)12)9(3)6-7;4*1-2-4-5-3-1;;;/h4*5-6,12H,4H2,1-3H3;4*1-4H2;;;/q;;;;;;;;+2;2*+1/p-4. The van der Waals surface area contributed by atoms with Gasteiger partial charge in [-0.2, -0.15) is 0 Å². The van der Waals surface area contributed by atoms with Gasteiger partial charge in [0.15, 0.2) is 0 Å². The first-order chi connectivity index (χ1) is 32.1. The quantitative estimate of drug-likeness (QED) is 0.215. The van der Waals surface area contributed by atoms with E-state index in [1.807, 2.05) is 132 Å². The van der Waals surface area contributed by atoms with Gasteiger partial charge in [0.05, 0.1) is 0 Å². The third-order valence-corrected chi connectivity index (χ3v) is 11.1. The van der Waals surface area contributed by atoms with Crippen LogP contribution < -0.4 is 123 Å². The minimum absolute atomic E-state index is 0. The number of benzene rings is 4. The molecule has 0 aromatic heterocycles. The number of aryl methyl sites for hydroxylation is 12. The molecule has 4 aliphatic rings. The van der Waals surface area contributed by atoms with Crippen LogP contribution in [0.1, 0.15) is 140 Å². The third kappa shape index (κ3) is 31.9. The fraction of sp³-hybridized carbons (Fsp3) is 0.467. The number of hydrogen-bond donors (Lipinski definition) is 0. The Labute approximate surface area is 546 Å². The van der Waals surface area contributed by atoms with E-state index in [2.05, 4.69) is 26.3 Å². The van der Waals surface area contributed by atoms with Gasteiger partial charge in [-0.3, -0.25) is 0 Å². The maximum absolute atomic E-state index is 11.1. The van der Waals surface area contributed by atoms with Gasteiger partial charge in [-0.05, 0) is 201 Å². The molecule has 0 unspecified atom stereocenters. The fourth-order valence-corrected chi connectivity index (χ4v) is 8.52. The molecule has 71 heavy (non-hydrogen) atoms. The maximum Gasteiger partial charge on any atom is 2.00 e. The Morgan fingerprint density at radius 3 is 0.479 bits per heavy atom. The first kappa shape index (κ1) is 74.7. The van der Waals surface area contributed by atoms with Crippen molar-refractivity contribution in [3.05, 3.63) is 164 Å². The predicted octanol–water partition coefficient (Wildman–Crippen LogP) is 4.59. The van der Waals surface area contributed by atoms with Gasteiger partial charge in [0, 0.05) is 52.9 Å². The predicted molar refractivity (Wildman–Crippen MR) is 285 cm³/mol. The van der Waals surface area contributed by atoms with Crippen LogP contribution in [0.5, 0.6) is 0 Å². The van der Waals surface area contributed by atoms with Gasteiger partial charge in [-0.15, -0.1) is 49.4 Å². The van der Waals surface area contributed by atoms with E-state index in [1.54, 1.807) is 0 Å². The monoisotopic (exact) mass is 1050 g/mol. The molecule has 4 saturated heterocycles. The van der Waals surface area contributed by atoms with Gasteiger partial charge in [-0.1, -0.05) is 70.8 Å². The minimum atomic E-state index is -0.0926. The van der Waals surface area contributed by atoms with E-state index in [1.165, 1.54) is 73.6 Å².